The maximum absolute atomic E-state index is 12.6. The van der Waals surface area contributed by atoms with Gasteiger partial charge in [0.15, 0.2) is 11.5 Å². The molecule has 0 aliphatic carbocycles. The summed E-state index contributed by atoms with van der Waals surface area (Å²) < 4.78 is 31.3. The van der Waals surface area contributed by atoms with Crippen LogP contribution < -0.4 is 15.2 Å². The van der Waals surface area contributed by atoms with Crippen LogP contribution in [-0.2, 0) is 35.0 Å². The van der Waals surface area contributed by atoms with Crippen LogP contribution in [0.3, 0.4) is 0 Å². The van der Waals surface area contributed by atoms with Gasteiger partial charge in [-0.25, -0.2) is 9.59 Å². The van der Waals surface area contributed by atoms with Gasteiger partial charge in [-0.2, -0.15) is 0 Å². The van der Waals surface area contributed by atoms with Gasteiger partial charge in [-0.3, -0.25) is 9.59 Å². The molecule has 0 heterocycles. The second-order valence-corrected chi connectivity index (χ2v) is 10.3. The molecule has 0 aliphatic rings. The smallest absolute Gasteiger partial charge is 0.459 e. The fourth-order valence-electron chi connectivity index (χ4n) is 2.82. The molecule has 39 heavy (non-hydrogen) atoms. The van der Waals surface area contributed by atoms with Crippen molar-refractivity contribution in [2.45, 2.75) is 86.5 Å². The molecule has 0 spiro atoms. The molecule has 1 rings (SSSR count). The summed E-state index contributed by atoms with van der Waals surface area (Å²) in [6.45, 7) is 14.6. The maximum Gasteiger partial charge on any atom is 0.513 e. The summed E-state index contributed by atoms with van der Waals surface area (Å²) >= 11 is 0. The first kappa shape index (κ1) is 33.7. The summed E-state index contributed by atoms with van der Waals surface area (Å²) in [6.07, 6.45) is -2.68. The number of hydrogen-bond acceptors (Lipinski definition) is 11. The van der Waals surface area contributed by atoms with Crippen LogP contribution in [0.4, 0.5) is 9.59 Å². The second-order valence-electron chi connectivity index (χ2n) is 10.3. The molecule has 1 aromatic rings. The van der Waals surface area contributed by atoms with Crippen LogP contribution in [0.2, 0.25) is 0 Å². The Morgan fingerprint density at radius 1 is 0.744 bits per heavy atom. The van der Waals surface area contributed by atoms with E-state index in [4.69, 9.17) is 34.2 Å². The zero-order valence-corrected chi connectivity index (χ0v) is 24.2. The van der Waals surface area contributed by atoms with Gasteiger partial charge < -0.3 is 34.2 Å². The van der Waals surface area contributed by atoms with Crippen molar-refractivity contribution in [3.8, 4) is 11.5 Å². The fraction of sp³-hybridized carbons (Fsp3) is 0.643. The monoisotopic (exact) mass is 553 g/mol. The largest absolute Gasteiger partial charge is 0.513 e. The Morgan fingerprint density at radius 3 is 1.72 bits per heavy atom. The number of hydrogen-bond donors (Lipinski definition) is 1. The highest BCUT2D eigenvalue weighted by Gasteiger charge is 2.26. The second kappa shape index (κ2) is 16.6. The van der Waals surface area contributed by atoms with Gasteiger partial charge in [-0.1, -0.05) is 47.6 Å². The van der Waals surface area contributed by atoms with Crippen LogP contribution in [0.15, 0.2) is 18.2 Å². The van der Waals surface area contributed by atoms with E-state index in [0.29, 0.717) is 12.0 Å². The number of nitrogens with two attached hydrogens (primary N) is 1. The first-order valence-electron chi connectivity index (χ1n) is 13.2. The molecule has 0 aromatic heterocycles. The first-order valence-corrected chi connectivity index (χ1v) is 13.2. The Hall–Kier alpha value is -3.34. The summed E-state index contributed by atoms with van der Waals surface area (Å²) in [5, 5.41) is 0. The number of ether oxygens (including phenoxy) is 6. The average Bonchev–Trinajstić information content (AvgIpc) is 2.86. The van der Waals surface area contributed by atoms with E-state index in [1.165, 1.54) is 12.1 Å². The lowest BCUT2D eigenvalue weighted by molar-refractivity contribution is -0.168. The van der Waals surface area contributed by atoms with E-state index >= 15 is 0 Å². The van der Waals surface area contributed by atoms with Gasteiger partial charge in [0.25, 0.3) is 0 Å². The summed E-state index contributed by atoms with van der Waals surface area (Å²) in [4.78, 5) is 48.9. The lowest BCUT2D eigenvalue weighted by Gasteiger charge is -2.23. The minimum absolute atomic E-state index is 0.0159. The quantitative estimate of drug-likeness (QED) is 0.192. The molecule has 11 nitrogen and oxygen atoms in total. The highest BCUT2D eigenvalue weighted by atomic mass is 16.7. The van der Waals surface area contributed by atoms with Gasteiger partial charge in [0, 0.05) is 0 Å². The van der Waals surface area contributed by atoms with E-state index in [-0.39, 0.29) is 54.9 Å². The third-order valence-electron chi connectivity index (χ3n) is 5.50. The summed E-state index contributed by atoms with van der Waals surface area (Å²) in [6, 6.07) is 3.29. The summed E-state index contributed by atoms with van der Waals surface area (Å²) in [5.41, 5.74) is 6.57. The molecular formula is C28H43NO10. The van der Waals surface area contributed by atoms with E-state index < -0.39 is 36.5 Å². The molecular weight excluding hydrogens is 510 g/mol. The molecule has 2 unspecified atom stereocenters. The van der Waals surface area contributed by atoms with E-state index in [1.54, 1.807) is 26.8 Å². The number of benzene rings is 1. The van der Waals surface area contributed by atoms with Crippen molar-refractivity contribution in [2.75, 3.05) is 13.2 Å². The Balaban J connectivity index is 2.93. The lowest BCUT2D eigenvalue weighted by atomic mass is 10.1. The van der Waals surface area contributed by atoms with Crippen LogP contribution in [0.25, 0.3) is 0 Å². The summed E-state index contributed by atoms with van der Waals surface area (Å²) in [5.74, 6) is -1.34. The number of esters is 2. The van der Waals surface area contributed by atoms with Crippen molar-refractivity contribution in [3.05, 3.63) is 23.8 Å². The molecule has 0 aliphatic heterocycles. The van der Waals surface area contributed by atoms with Crippen LogP contribution in [0, 0.1) is 17.8 Å². The van der Waals surface area contributed by atoms with Crippen molar-refractivity contribution < 1.29 is 47.6 Å². The average molecular weight is 554 g/mol. The topological polar surface area (TPSA) is 150 Å². The van der Waals surface area contributed by atoms with E-state index in [2.05, 4.69) is 0 Å². The van der Waals surface area contributed by atoms with Crippen LogP contribution in [0.5, 0.6) is 11.5 Å². The van der Waals surface area contributed by atoms with Gasteiger partial charge in [0.2, 0.25) is 0 Å². The molecule has 1 aromatic carbocycles. The molecule has 0 amide bonds. The first-order chi connectivity index (χ1) is 18.2. The van der Waals surface area contributed by atoms with E-state index in [1.807, 2.05) is 34.6 Å². The van der Waals surface area contributed by atoms with Gasteiger partial charge in [-0.15, -0.1) is 0 Å². The predicted molar refractivity (Wildman–Crippen MR) is 142 cm³/mol. The van der Waals surface area contributed by atoms with Crippen molar-refractivity contribution in [1.29, 1.82) is 0 Å². The third kappa shape index (κ3) is 12.8. The van der Waals surface area contributed by atoms with Crippen molar-refractivity contribution in [3.63, 3.8) is 0 Å². The Morgan fingerprint density at radius 2 is 1.23 bits per heavy atom. The number of rotatable bonds is 14. The van der Waals surface area contributed by atoms with Crippen LogP contribution >= 0.6 is 0 Å². The van der Waals surface area contributed by atoms with Gasteiger partial charge in [0.1, 0.15) is 18.2 Å². The van der Waals surface area contributed by atoms with Crippen molar-refractivity contribution in [2.24, 2.45) is 23.5 Å². The molecule has 0 saturated heterocycles. The number of carbonyl (C=O) groups is 4. The lowest BCUT2D eigenvalue weighted by Crippen LogP contribution is -2.40. The zero-order chi connectivity index (χ0) is 29.7. The van der Waals surface area contributed by atoms with Gasteiger partial charge in [-0.05, 0) is 56.2 Å². The number of carbonyl (C=O) groups excluding carboxylic acids is 4. The molecule has 11 heteroatoms. The molecule has 0 bridgehead atoms. The standard InChI is InChI=1S/C28H43NO10/c1-9-18(6)25(30)36-19(7)20(8)37-26(31)22(29)12-21-10-11-23(38-27(32)34-14-16(2)3)24(13-21)39-28(33)35-15-17(4)5/h10-11,13,16-20,22H,9,12,14-15,29H2,1-8H3/t18?,19?,20-,22-/m0/s1. The summed E-state index contributed by atoms with van der Waals surface area (Å²) in [7, 11) is 0. The SMILES string of the molecule is CCC(C)C(=O)OC(C)[C@H](C)OC(=O)[C@@H](N)Cc1ccc(OC(=O)OCC(C)C)c(OC(=O)OCC(C)C)c1. The molecule has 0 saturated carbocycles. The molecule has 0 fully saturated rings. The Labute approximate surface area is 230 Å². The van der Waals surface area contributed by atoms with Crippen molar-refractivity contribution in [1.82, 2.24) is 0 Å². The van der Waals surface area contributed by atoms with Crippen molar-refractivity contribution >= 4 is 24.2 Å². The Bertz CT molecular complexity index is 962. The minimum atomic E-state index is -1.08. The third-order valence-corrected chi connectivity index (χ3v) is 5.50. The normalized spacial score (nSPS) is 14.1. The van der Waals surface area contributed by atoms with Crippen LogP contribution in [-0.4, -0.2) is 55.7 Å². The van der Waals surface area contributed by atoms with E-state index in [9.17, 15) is 19.2 Å². The highest BCUT2D eigenvalue weighted by Crippen LogP contribution is 2.30. The van der Waals surface area contributed by atoms with Crippen LogP contribution in [0.1, 0.15) is 67.4 Å². The highest BCUT2D eigenvalue weighted by molar-refractivity contribution is 5.76. The van der Waals surface area contributed by atoms with Gasteiger partial charge >= 0.3 is 24.2 Å². The van der Waals surface area contributed by atoms with Gasteiger partial charge in [0.05, 0.1) is 19.1 Å². The molecule has 4 atom stereocenters. The zero-order valence-electron chi connectivity index (χ0n) is 24.2. The molecule has 220 valence electrons. The maximum atomic E-state index is 12.6. The Kier molecular flexibility index (Phi) is 14.3. The minimum Gasteiger partial charge on any atom is -0.459 e. The molecule has 0 radical (unpaired) electrons. The van der Waals surface area contributed by atoms with E-state index in [0.717, 1.165) is 0 Å². The fourth-order valence-corrected chi connectivity index (χ4v) is 2.82. The predicted octanol–water partition coefficient (Wildman–Crippen LogP) is 4.81. The molecule has 2 N–H and O–H groups in total.